The average Bonchev–Trinajstić information content (AvgIpc) is 3.45. The Morgan fingerprint density at radius 1 is 1.03 bits per heavy atom. The van der Waals surface area contributed by atoms with Crippen molar-refractivity contribution in [3.05, 3.63) is 71.9 Å². The van der Waals surface area contributed by atoms with Gasteiger partial charge in [-0.1, -0.05) is 24.3 Å². The molecule has 5 heteroatoms. The number of hydrogen-bond donors (Lipinski definition) is 0. The Bertz CT molecular complexity index is 1130. The van der Waals surface area contributed by atoms with Crippen molar-refractivity contribution in [3.63, 3.8) is 0 Å². The van der Waals surface area contributed by atoms with E-state index in [2.05, 4.69) is 0 Å². The van der Waals surface area contributed by atoms with E-state index in [9.17, 15) is 4.79 Å². The van der Waals surface area contributed by atoms with E-state index < -0.39 is 5.41 Å². The Morgan fingerprint density at radius 2 is 1.84 bits per heavy atom. The summed E-state index contributed by atoms with van der Waals surface area (Å²) in [6.07, 6.45) is 2.14. The maximum atomic E-state index is 13.3. The highest BCUT2D eigenvalue weighted by molar-refractivity contribution is 5.94. The maximum absolute atomic E-state index is 13.3. The van der Waals surface area contributed by atoms with Gasteiger partial charge in [0.2, 0.25) is 6.79 Å². The summed E-state index contributed by atoms with van der Waals surface area (Å²) in [5.74, 6) is 2.48. The summed E-state index contributed by atoms with van der Waals surface area (Å²) in [5.41, 5.74) is 3.18. The van der Waals surface area contributed by atoms with Crippen molar-refractivity contribution < 1.29 is 19.0 Å². The van der Waals surface area contributed by atoms with Gasteiger partial charge in [-0.2, -0.15) is 0 Å². The van der Waals surface area contributed by atoms with Crippen LogP contribution in [0, 0.1) is 0 Å². The topological polar surface area (TPSA) is 57.7 Å². The number of pyridine rings is 1. The van der Waals surface area contributed by atoms with Gasteiger partial charge < -0.3 is 14.2 Å². The number of nitrogens with zero attached hydrogens (tertiary/aromatic N) is 1. The predicted octanol–water partition coefficient (Wildman–Crippen LogP) is 5.11. The molecular weight excluding hydrogens is 390 g/mol. The molecule has 0 saturated heterocycles. The van der Waals surface area contributed by atoms with Crippen molar-refractivity contribution in [2.75, 3.05) is 6.79 Å². The molecule has 1 aliphatic heterocycles. The van der Waals surface area contributed by atoms with Gasteiger partial charge in [-0.3, -0.25) is 9.78 Å². The summed E-state index contributed by atoms with van der Waals surface area (Å²) in [6, 6.07) is 19.6. The first kappa shape index (κ1) is 19.6. The molecule has 2 heterocycles. The lowest BCUT2D eigenvalue weighted by atomic mass is 9.88. The molecule has 5 nitrogen and oxygen atoms in total. The van der Waals surface area contributed by atoms with Crippen molar-refractivity contribution in [1.82, 2.24) is 4.98 Å². The summed E-state index contributed by atoms with van der Waals surface area (Å²) in [7, 11) is 0. The minimum absolute atomic E-state index is 0.109. The van der Waals surface area contributed by atoms with E-state index in [1.54, 1.807) is 0 Å². The molecule has 0 radical (unpaired) electrons. The highest BCUT2D eigenvalue weighted by Gasteiger charge is 2.50. The first-order valence-electron chi connectivity index (χ1n) is 10.7. The third-order valence-corrected chi connectivity index (χ3v) is 5.86. The van der Waals surface area contributed by atoms with E-state index in [0.29, 0.717) is 6.42 Å². The molecule has 0 atom stereocenters. The van der Waals surface area contributed by atoms with Crippen LogP contribution in [0.4, 0.5) is 0 Å². The molecule has 0 bridgehead atoms. The normalized spacial score (nSPS) is 15.7. The number of rotatable bonds is 7. The van der Waals surface area contributed by atoms with Gasteiger partial charge in [-0.15, -0.1) is 0 Å². The van der Waals surface area contributed by atoms with Gasteiger partial charge >= 0.3 is 0 Å². The Labute approximate surface area is 182 Å². The van der Waals surface area contributed by atoms with Crippen molar-refractivity contribution in [1.29, 1.82) is 0 Å². The quantitative estimate of drug-likeness (QED) is 0.537. The fourth-order valence-electron chi connectivity index (χ4n) is 4.12. The van der Waals surface area contributed by atoms with Crippen molar-refractivity contribution >= 4 is 5.78 Å². The SMILES string of the molecule is CC(C)Oc1cccc(-c2cccc(CC(=O)C3(c4ccc5c(c4)OCO5)CC3)n2)c1. The molecule has 1 fully saturated rings. The van der Waals surface area contributed by atoms with E-state index in [-0.39, 0.29) is 18.7 Å². The first-order chi connectivity index (χ1) is 15.0. The zero-order chi connectivity index (χ0) is 21.4. The van der Waals surface area contributed by atoms with Gasteiger partial charge in [0.05, 0.1) is 17.2 Å². The number of carbonyl (C=O) groups is 1. The van der Waals surface area contributed by atoms with Gasteiger partial charge in [-0.25, -0.2) is 0 Å². The second kappa shape index (κ2) is 7.73. The van der Waals surface area contributed by atoms with Gasteiger partial charge in [0.15, 0.2) is 11.5 Å². The number of fused-ring (bicyclic) bond motifs is 1. The molecule has 0 amide bonds. The van der Waals surface area contributed by atoms with Crippen molar-refractivity contribution in [3.8, 4) is 28.5 Å². The van der Waals surface area contributed by atoms with Gasteiger partial charge in [0.1, 0.15) is 11.5 Å². The summed E-state index contributed by atoms with van der Waals surface area (Å²) in [5, 5.41) is 0. The molecule has 1 saturated carbocycles. The van der Waals surface area contributed by atoms with Crippen molar-refractivity contribution in [2.45, 2.75) is 44.6 Å². The van der Waals surface area contributed by atoms with E-state index in [1.807, 2.05) is 74.5 Å². The van der Waals surface area contributed by atoms with Crippen LogP contribution in [0.15, 0.2) is 60.7 Å². The monoisotopic (exact) mass is 415 g/mol. The third kappa shape index (κ3) is 3.88. The third-order valence-electron chi connectivity index (χ3n) is 5.86. The summed E-state index contributed by atoms with van der Waals surface area (Å²) < 4.78 is 16.7. The summed E-state index contributed by atoms with van der Waals surface area (Å²) in [6.45, 7) is 4.25. The number of hydrogen-bond acceptors (Lipinski definition) is 5. The number of aromatic nitrogens is 1. The van der Waals surface area contributed by atoms with Crippen LogP contribution in [0.2, 0.25) is 0 Å². The molecule has 1 aliphatic carbocycles. The maximum Gasteiger partial charge on any atom is 0.231 e. The number of ketones is 1. The lowest BCUT2D eigenvalue weighted by Gasteiger charge is -2.15. The summed E-state index contributed by atoms with van der Waals surface area (Å²) >= 11 is 0. The second-order valence-electron chi connectivity index (χ2n) is 8.46. The van der Waals surface area contributed by atoms with E-state index >= 15 is 0 Å². The molecule has 31 heavy (non-hydrogen) atoms. The lowest BCUT2D eigenvalue weighted by Crippen LogP contribution is -2.23. The Kier molecular flexibility index (Phi) is 4.89. The molecule has 158 valence electrons. The molecule has 0 unspecified atom stereocenters. The standard InChI is InChI=1S/C26H25NO4/c1-17(2)31-21-7-3-5-18(13-21)22-8-4-6-20(27-22)15-25(28)26(11-12-26)19-9-10-23-24(14-19)30-16-29-23/h3-10,13-14,17H,11-12,15-16H2,1-2H3. The van der Waals surface area contributed by atoms with E-state index in [4.69, 9.17) is 19.2 Å². The molecule has 2 aromatic carbocycles. The highest BCUT2D eigenvalue weighted by Crippen LogP contribution is 2.51. The van der Waals surface area contributed by atoms with E-state index in [0.717, 1.165) is 52.6 Å². The molecule has 5 rings (SSSR count). The molecular formula is C26H25NO4. The van der Waals surface area contributed by atoms with Crippen LogP contribution in [-0.2, 0) is 16.6 Å². The van der Waals surface area contributed by atoms with Crippen LogP contribution < -0.4 is 14.2 Å². The minimum atomic E-state index is -0.427. The zero-order valence-corrected chi connectivity index (χ0v) is 17.8. The average molecular weight is 415 g/mol. The zero-order valence-electron chi connectivity index (χ0n) is 17.8. The van der Waals surface area contributed by atoms with Gasteiger partial charge in [-0.05, 0) is 68.7 Å². The largest absolute Gasteiger partial charge is 0.491 e. The van der Waals surface area contributed by atoms with Gasteiger partial charge in [0, 0.05) is 17.7 Å². The van der Waals surface area contributed by atoms with Crippen LogP contribution in [-0.4, -0.2) is 23.7 Å². The number of ether oxygens (including phenoxy) is 3. The fourth-order valence-corrected chi connectivity index (χ4v) is 4.12. The number of benzene rings is 2. The first-order valence-corrected chi connectivity index (χ1v) is 10.7. The summed E-state index contributed by atoms with van der Waals surface area (Å²) in [4.78, 5) is 18.1. The van der Waals surface area contributed by atoms with Gasteiger partial charge in [0.25, 0.3) is 0 Å². The molecule has 0 N–H and O–H groups in total. The predicted molar refractivity (Wildman–Crippen MR) is 118 cm³/mol. The Hall–Kier alpha value is -3.34. The Morgan fingerprint density at radius 3 is 2.65 bits per heavy atom. The van der Waals surface area contributed by atoms with Crippen LogP contribution in [0.3, 0.4) is 0 Å². The van der Waals surface area contributed by atoms with Crippen LogP contribution in [0.25, 0.3) is 11.3 Å². The fraction of sp³-hybridized carbons (Fsp3) is 0.308. The Balaban J connectivity index is 1.36. The van der Waals surface area contributed by atoms with Crippen LogP contribution in [0.5, 0.6) is 17.2 Å². The number of Topliss-reactive ketones (excluding diaryl/α,β-unsaturated/α-hetero) is 1. The van der Waals surface area contributed by atoms with E-state index in [1.165, 1.54) is 0 Å². The minimum Gasteiger partial charge on any atom is -0.491 e. The second-order valence-corrected chi connectivity index (χ2v) is 8.46. The number of carbonyl (C=O) groups excluding carboxylic acids is 1. The molecule has 0 spiro atoms. The van der Waals surface area contributed by atoms with Crippen molar-refractivity contribution in [2.24, 2.45) is 0 Å². The lowest BCUT2D eigenvalue weighted by molar-refractivity contribution is -0.120. The van der Waals surface area contributed by atoms with Crippen LogP contribution >= 0.6 is 0 Å². The highest BCUT2D eigenvalue weighted by atomic mass is 16.7. The smallest absolute Gasteiger partial charge is 0.231 e. The molecule has 2 aliphatic rings. The molecule has 3 aromatic rings. The van der Waals surface area contributed by atoms with Crippen LogP contribution in [0.1, 0.15) is 37.9 Å². The molecule has 1 aromatic heterocycles.